The Labute approximate surface area is 152 Å². The summed E-state index contributed by atoms with van der Waals surface area (Å²) in [6.45, 7) is 1.70. The Balaban J connectivity index is 1.58. The molecule has 0 saturated heterocycles. The van der Waals surface area contributed by atoms with Gasteiger partial charge >= 0.3 is 0 Å². The van der Waals surface area contributed by atoms with Crippen molar-refractivity contribution in [2.45, 2.75) is 17.9 Å². The molecule has 0 bridgehead atoms. The number of nitrogens with one attached hydrogen (secondary N) is 1. The molecule has 0 radical (unpaired) electrons. The molecule has 134 valence electrons. The van der Waals surface area contributed by atoms with Crippen LogP contribution in [0.5, 0.6) is 0 Å². The van der Waals surface area contributed by atoms with E-state index in [1.165, 1.54) is 30.3 Å². The molecule has 3 aromatic rings. The zero-order valence-corrected chi connectivity index (χ0v) is 14.6. The van der Waals surface area contributed by atoms with Crippen molar-refractivity contribution in [1.29, 1.82) is 0 Å². The number of halogens is 2. The molecule has 1 amide bonds. The SMILES string of the molecule is CC(NC(=O)CSc1ccccc1F)c1nc(-c2ccc(F)cc2)no1. The fraction of sp³-hybridized carbons (Fsp3) is 0.167. The first kappa shape index (κ1) is 18.1. The summed E-state index contributed by atoms with van der Waals surface area (Å²) in [6, 6.07) is 11.4. The van der Waals surface area contributed by atoms with Crippen molar-refractivity contribution in [2.24, 2.45) is 0 Å². The van der Waals surface area contributed by atoms with E-state index in [1.807, 2.05) is 0 Å². The van der Waals surface area contributed by atoms with Gasteiger partial charge in [0.15, 0.2) is 0 Å². The Morgan fingerprint density at radius 1 is 1.19 bits per heavy atom. The highest BCUT2D eigenvalue weighted by atomic mass is 32.2. The molecule has 1 aromatic heterocycles. The number of thioether (sulfide) groups is 1. The van der Waals surface area contributed by atoms with Crippen LogP contribution in [-0.4, -0.2) is 21.8 Å². The molecule has 26 heavy (non-hydrogen) atoms. The normalized spacial score (nSPS) is 12.0. The van der Waals surface area contributed by atoms with Gasteiger partial charge in [-0.05, 0) is 43.3 Å². The highest BCUT2D eigenvalue weighted by molar-refractivity contribution is 8.00. The van der Waals surface area contributed by atoms with E-state index in [2.05, 4.69) is 15.5 Å². The topological polar surface area (TPSA) is 68.0 Å². The number of hydrogen-bond acceptors (Lipinski definition) is 5. The highest BCUT2D eigenvalue weighted by Gasteiger charge is 2.17. The molecule has 0 aliphatic carbocycles. The van der Waals surface area contributed by atoms with Crippen molar-refractivity contribution in [1.82, 2.24) is 15.5 Å². The minimum atomic E-state index is -0.509. The van der Waals surface area contributed by atoms with Crippen LogP contribution in [0.2, 0.25) is 0 Å². The number of amides is 1. The number of nitrogens with zero attached hydrogens (tertiary/aromatic N) is 2. The lowest BCUT2D eigenvalue weighted by atomic mass is 10.2. The van der Waals surface area contributed by atoms with Crippen molar-refractivity contribution < 1.29 is 18.1 Å². The van der Waals surface area contributed by atoms with Crippen LogP contribution in [0.4, 0.5) is 8.78 Å². The minimum absolute atomic E-state index is 0.0598. The van der Waals surface area contributed by atoms with Crippen molar-refractivity contribution in [3.05, 3.63) is 66.1 Å². The van der Waals surface area contributed by atoms with Crippen molar-refractivity contribution in [3.63, 3.8) is 0 Å². The number of aromatic nitrogens is 2. The van der Waals surface area contributed by atoms with E-state index in [1.54, 1.807) is 25.1 Å². The lowest BCUT2D eigenvalue weighted by Gasteiger charge is -2.09. The molecular weight excluding hydrogens is 360 g/mol. The summed E-state index contributed by atoms with van der Waals surface area (Å²) in [5.74, 6) is -0.406. The third-order valence-corrected chi connectivity index (χ3v) is 4.54. The van der Waals surface area contributed by atoms with Gasteiger partial charge in [-0.1, -0.05) is 17.3 Å². The molecule has 1 unspecified atom stereocenters. The summed E-state index contributed by atoms with van der Waals surface area (Å²) in [5, 5.41) is 6.56. The number of hydrogen-bond donors (Lipinski definition) is 1. The van der Waals surface area contributed by atoms with Gasteiger partial charge in [-0.15, -0.1) is 11.8 Å². The second kappa shape index (κ2) is 8.09. The van der Waals surface area contributed by atoms with Gasteiger partial charge in [0.2, 0.25) is 17.6 Å². The molecule has 1 N–H and O–H groups in total. The highest BCUT2D eigenvalue weighted by Crippen LogP contribution is 2.22. The Morgan fingerprint density at radius 3 is 2.65 bits per heavy atom. The average molecular weight is 375 g/mol. The Kier molecular flexibility index (Phi) is 5.62. The number of carbonyl (C=O) groups excluding carboxylic acids is 1. The maximum absolute atomic E-state index is 13.5. The molecule has 3 rings (SSSR count). The van der Waals surface area contributed by atoms with Crippen LogP contribution in [0.15, 0.2) is 57.9 Å². The number of benzene rings is 2. The Hall–Kier alpha value is -2.74. The summed E-state index contributed by atoms with van der Waals surface area (Å²) < 4.78 is 31.7. The van der Waals surface area contributed by atoms with Crippen LogP contribution in [-0.2, 0) is 4.79 Å². The van der Waals surface area contributed by atoms with Gasteiger partial charge in [-0.3, -0.25) is 4.79 Å². The first-order valence-corrected chi connectivity index (χ1v) is 8.77. The van der Waals surface area contributed by atoms with Gasteiger partial charge in [0, 0.05) is 10.5 Å². The fourth-order valence-corrected chi connectivity index (χ4v) is 2.93. The predicted octanol–water partition coefficient (Wildman–Crippen LogP) is 3.98. The molecule has 1 heterocycles. The lowest BCUT2D eigenvalue weighted by Crippen LogP contribution is -2.28. The van der Waals surface area contributed by atoms with Crippen molar-refractivity contribution >= 4 is 17.7 Å². The first-order chi connectivity index (χ1) is 12.5. The van der Waals surface area contributed by atoms with Gasteiger partial charge in [0.1, 0.15) is 17.7 Å². The number of carbonyl (C=O) groups is 1. The summed E-state index contributed by atoms with van der Waals surface area (Å²) in [4.78, 5) is 16.7. The van der Waals surface area contributed by atoms with E-state index in [0.717, 1.165) is 11.8 Å². The van der Waals surface area contributed by atoms with Gasteiger partial charge in [0.05, 0.1) is 5.75 Å². The van der Waals surface area contributed by atoms with Crippen LogP contribution >= 0.6 is 11.8 Å². The molecule has 5 nitrogen and oxygen atoms in total. The van der Waals surface area contributed by atoms with Crippen LogP contribution in [0, 0.1) is 11.6 Å². The third-order valence-electron chi connectivity index (χ3n) is 3.49. The molecule has 0 fully saturated rings. The van der Waals surface area contributed by atoms with E-state index in [0.29, 0.717) is 16.3 Å². The zero-order chi connectivity index (χ0) is 18.5. The second-order valence-corrected chi connectivity index (χ2v) is 6.49. The van der Waals surface area contributed by atoms with E-state index in [9.17, 15) is 13.6 Å². The second-order valence-electron chi connectivity index (χ2n) is 5.47. The molecular formula is C18H15F2N3O2S. The van der Waals surface area contributed by atoms with Gasteiger partial charge in [-0.25, -0.2) is 8.78 Å². The average Bonchev–Trinajstić information content (AvgIpc) is 3.12. The van der Waals surface area contributed by atoms with Gasteiger partial charge in [-0.2, -0.15) is 4.98 Å². The van der Waals surface area contributed by atoms with Crippen LogP contribution in [0.1, 0.15) is 18.9 Å². The maximum atomic E-state index is 13.5. The maximum Gasteiger partial charge on any atom is 0.249 e. The van der Waals surface area contributed by atoms with E-state index >= 15 is 0 Å². The molecule has 1 atom stereocenters. The molecule has 0 spiro atoms. The fourth-order valence-electron chi connectivity index (χ4n) is 2.18. The monoisotopic (exact) mass is 375 g/mol. The number of rotatable bonds is 6. The van der Waals surface area contributed by atoms with E-state index in [-0.39, 0.29) is 29.2 Å². The molecule has 0 aliphatic rings. The molecule has 0 saturated carbocycles. The smallest absolute Gasteiger partial charge is 0.249 e. The van der Waals surface area contributed by atoms with Gasteiger partial charge < -0.3 is 9.84 Å². The standard InChI is InChI=1S/C18H15F2N3O2S/c1-11(21-16(24)10-26-15-5-3-2-4-14(15)20)18-22-17(23-25-18)12-6-8-13(19)9-7-12/h2-9,11H,10H2,1H3,(H,21,24). The summed E-state index contributed by atoms with van der Waals surface area (Å²) in [5.41, 5.74) is 0.607. The summed E-state index contributed by atoms with van der Waals surface area (Å²) >= 11 is 1.11. The Bertz CT molecular complexity index is 899. The first-order valence-electron chi connectivity index (χ1n) is 7.79. The van der Waals surface area contributed by atoms with Gasteiger partial charge in [0.25, 0.3) is 0 Å². The van der Waals surface area contributed by atoms with Crippen LogP contribution in [0.3, 0.4) is 0 Å². The lowest BCUT2D eigenvalue weighted by molar-refractivity contribution is -0.119. The van der Waals surface area contributed by atoms with E-state index in [4.69, 9.17) is 4.52 Å². The molecule has 2 aromatic carbocycles. The van der Waals surface area contributed by atoms with Crippen molar-refractivity contribution in [2.75, 3.05) is 5.75 Å². The Morgan fingerprint density at radius 2 is 1.92 bits per heavy atom. The van der Waals surface area contributed by atoms with Crippen LogP contribution < -0.4 is 5.32 Å². The largest absolute Gasteiger partial charge is 0.344 e. The summed E-state index contributed by atoms with van der Waals surface area (Å²) in [7, 11) is 0. The third kappa shape index (κ3) is 4.45. The quantitative estimate of drug-likeness (QED) is 0.660. The molecule has 0 aliphatic heterocycles. The van der Waals surface area contributed by atoms with Crippen molar-refractivity contribution in [3.8, 4) is 11.4 Å². The predicted molar refractivity (Wildman–Crippen MR) is 93.4 cm³/mol. The van der Waals surface area contributed by atoms with E-state index < -0.39 is 6.04 Å². The summed E-state index contributed by atoms with van der Waals surface area (Å²) in [6.07, 6.45) is 0. The van der Waals surface area contributed by atoms with Crippen LogP contribution in [0.25, 0.3) is 11.4 Å². The minimum Gasteiger partial charge on any atom is -0.344 e. The molecule has 8 heteroatoms. The zero-order valence-electron chi connectivity index (χ0n) is 13.8.